The molecule has 16 heavy (non-hydrogen) atoms. The van der Waals surface area contributed by atoms with Crippen LogP contribution in [0.3, 0.4) is 0 Å². The summed E-state index contributed by atoms with van der Waals surface area (Å²) in [6.07, 6.45) is 5.46. The Morgan fingerprint density at radius 2 is 2.12 bits per heavy atom. The van der Waals surface area contributed by atoms with Crippen molar-refractivity contribution in [2.24, 2.45) is 0 Å². The minimum absolute atomic E-state index is 0.137. The number of nitrogens with one attached hydrogen (secondary N) is 1. The van der Waals surface area contributed by atoms with Crippen LogP contribution in [0.25, 0.3) is 0 Å². The van der Waals surface area contributed by atoms with Crippen molar-refractivity contribution in [1.82, 2.24) is 5.32 Å². The average molecular weight is 225 g/mol. The van der Waals surface area contributed by atoms with Gasteiger partial charge in [0.2, 0.25) is 5.91 Å². The van der Waals surface area contributed by atoms with Crippen LogP contribution in [-0.4, -0.2) is 30.9 Å². The normalized spacial score (nSPS) is 17.9. The third-order valence-corrected chi connectivity index (χ3v) is 2.47. The Bertz CT molecular complexity index is 259. The van der Waals surface area contributed by atoms with E-state index in [1.807, 2.05) is 0 Å². The zero-order valence-corrected chi connectivity index (χ0v) is 9.54. The number of unbranched alkanes of at least 4 members (excludes halogenated alkanes) is 2. The number of hydrogen-bond acceptors (Lipinski definition) is 3. The highest BCUT2D eigenvalue weighted by molar-refractivity contribution is 5.86. The van der Waals surface area contributed by atoms with E-state index in [2.05, 4.69) is 11.9 Å². The van der Waals surface area contributed by atoms with Crippen LogP contribution in [0.4, 0.5) is 0 Å². The first-order valence-electron chi connectivity index (χ1n) is 5.76. The van der Waals surface area contributed by atoms with E-state index in [0.717, 1.165) is 25.9 Å². The summed E-state index contributed by atoms with van der Waals surface area (Å²) in [6, 6.07) is 0. The fourth-order valence-electron chi connectivity index (χ4n) is 1.45. The molecule has 0 aliphatic carbocycles. The lowest BCUT2D eigenvalue weighted by Gasteiger charge is -2.02. The summed E-state index contributed by atoms with van der Waals surface area (Å²) >= 11 is 0. The van der Waals surface area contributed by atoms with Gasteiger partial charge < -0.3 is 10.1 Å². The molecule has 1 aliphatic heterocycles. The van der Waals surface area contributed by atoms with Gasteiger partial charge in [0.15, 0.2) is 0 Å². The fourth-order valence-corrected chi connectivity index (χ4v) is 1.45. The third kappa shape index (κ3) is 6.35. The van der Waals surface area contributed by atoms with Crippen molar-refractivity contribution in [3.63, 3.8) is 0 Å². The molecule has 1 atom stereocenters. The van der Waals surface area contributed by atoms with Crippen molar-refractivity contribution < 1.29 is 14.3 Å². The first-order chi connectivity index (χ1) is 7.72. The van der Waals surface area contributed by atoms with Gasteiger partial charge in [-0.25, -0.2) is 0 Å². The SMILES string of the molecule is C=CC(=O)NCCCCCC(=O)CC1CO1. The highest BCUT2D eigenvalue weighted by Crippen LogP contribution is 2.15. The number of amides is 1. The molecule has 0 spiro atoms. The molecular formula is C12H19NO3. The van der Waals surface area contributed by atoms with Crippen LogP contribution in [0.5, 0.6) is 0 Å². The van der Waals surface area contributed by atoms with E-state index >= 15 is 0 Å². The average Bonchev–Trinajstić information content (AvgIpc) is 3.06. The van der Waals surface area contributed by atoms with E-state index < -0.39 is 0 Å². The highest BCUT2D eigenvalue weighted by Gasteiger charge is 2.24. The van der Waals surface area contributed by atoms with Gasteiger partial charge >= 0.3 is 0 Å². The van der Waals surface area contributed by atoms with Crippen LogP contribution in [0.1, 0.15) is 32.1 Å². The molecular weight excluding hydrogens is 206 g/mol. The summed E-state index contributed by atoms with van der Waals surface area (Å²) in [4.78, 5) is 22.1. The van der Waals surface area contributed by atoms with Crippen LogP contribution < -0.4 is 5.32 Å². The second kappa shape index (κ2) is 7.17. The summed E-state index contributed by atoms with van der Waals surface area (Å²) in [7, 11) is 0. The molecule has 0 aromatic rings. The molecule has 1 saturated heterocycles. The lowest BCUT2D eigenvalue weighted by atomic mass is 10.1. The molecule has 1 rings (SSSR count). The summed E-state index contributed by atoms with van der Waals surface area (Å²) in [5, 5.41) is 2.70. The van der Waals surface area contributed by atoms with Crippen molar-refractivity contribution in [1.29, 1.82) is 0 Å². The quantitative estimate of drug-likeness (QED) is 0.364. The van der Waals surface area contributed by atoms with Crippen molar-refractivity contribution in [3.05, 3.63) is 12.7 Å². The Balaban J connectivity index is 1.85. The van der Waals surface area contributed by atoms with Gasteiger partial charge in [-0.05, 0) is 18.9 Å². The Morgan fingerprint density at radius 1 is 1.38 bits per heavy atom. The number of rotatable bonds is 9. The largest absolute Gasteiger partial charge is 0.373 e. The lowest BCUT2D eigenvalue weighted by Crippen LogP contribution is -2.21. The smallest absolute Gasteiger partial charge is 0.243 e. The minimum Gasteiger partial charge on any atom is -0.373 e. The zero-order chi connectivity index (χ0) is 11.8. The molecule has 1 unspecified atom stereocenters. The second-order valence-corrected chi connectivity index (χ2v) is 4.00. The molecule has 0 saturated carbocycles. The third-order valence-electron chi connectivity index (χ3n) is 2.47. The van der Waals surface area contributed by atoms with Crippen LogP contribution in [0.15, 0.2) is 12.7 Å². The zero-order valence-electron chi connectivity index (χ0n) is 9.54. The van der Waals surface area contributed by atoms with Gasteiger partial charge in [0.05, 0.1) is 12.7 Å². The first kappa shape index (κ1) is 12.9. The summed E-state index contributed by atoms with van der Waals surface area (Å²) in [5.41, 5.74) is 0. The predicted molar refractivity (Wildman–Crippen MR) is 61.0 cm³/mol. The van der Waals surface area contributed by atoms with Gasteiger partial charge in [-0.1, -0.05) is 13.0 Å². The van der Waals surface area contributed by atoms with Crippen LogP contribution in [0, 0.1) is 0 Å². The molecule has 90 valence electrons. The van der Waals surface area contributed by atoms with Crippen molar-refractivity contribution in [2.75, 3.05) is 13.2 Å². The minimum atomic E-state index is -0.137. The number of ketones is 1. The molecule has 0 aromatic carbocycles. The summed E-state index contributed by atoms with van der Waals surface area (Å²) < 4.78 is 4.99. The van der Waals surface area contributed by atoms with Gasteiger partial charge in [-0.15, -0.1) is 0 Å². The van der Waals surface area contributed by atoms with E-state index in [1.165, 1.54) is 6.08 Å². The molecule has 4 nitrogen and oxygen atoms in total. The van der Waals surface area contributed by atoms with E-state index in [0.29, 0.717) is 19.4 Å². The molecule has 1 heterocycles. The standard InChI is InChI=1S/C12H19NO3/c1-2-12(15)13-7-5-3-4-6-10(14)8-11-9-16-11/h2,11H,1,3-9H2,(H,13,15). The van der Waals surface area contributed by atoms with Crippen molar-refractivity contribution >= 4 is 11.7 Å². The topological polar surface area (TPSA) is 58.7 Å². The predicted octanol–water partition coefficient (Wildman–Crippen LogP) is 1.21. The van der Waals surface area contributed by atoms with E-state index in [1.54, 1.807) is 0 Å². The molecule has 0 aromatic heterocycles. The molecule has 0 radical (unpaired) electrons. The maximum Gasteiger partial charge on any atom is 0.243 e. The van der Waals surface area contributed by atoms with Crippen LogP contribution in [-0.2, 0) is 14.3 Å². The number of ether oxygens (including phenoxy) is 1. The lowest BCUT2D eigenvalue weighted by molar-refractivity contribution is -0.119. The monoisotopic (exact) mass is 225 g/mol. The highest BCUT2D eigenvalue weighted by atomic mass is 16.6. The molecule has 0 bridgehead atoms. The van der Waals surface area contributed by atoms with Crippen LogP contribution in [0.2, 0.25) is 0 Å². The van der Waals surface area contributed by atoms with Crippen molar-refractivity contribution in [2.45, 2.75) is 38.2 Å². The Morgan fingerprint density at radius 3 is 2.75 bits per heavy atom. The molecule has 4 heteroatoms. The summed E-state index contributed by atoms with van der Waals surface area (Å²) in [5.74, 6) is 0.152. The number of carbonyl (C=O) groups excluding carboxylic acids is 2. The van der Waals surface area contributed by atoms with Gasteiger partial charge in [-0.2, -0.15) is 0 Å². The second-order valence-electron chi connectivity index (χ2n) is 4.00. The maximum atomic E-state index is 11.3. The number of hydrogen-bond donors (Lipinski definition) is 1. The van der Waals surface area contributed by atoms with Gasteiger partial charge in [0.25, 0.3) is 0 Å². The van der Waals surface area contributed by atoms with Gasteiger partial charge in [0.1, 0.15) is 5.78 Å². The number of Topliss-reactive ketones (excluding diaryl/α,β-unsaturated/α-hetero) is 1. The molecule has 1 fully saturated rings. The number of carbonyl (C=O) groups is 2. The first-order valence-corrected chi connectivity index (χ1v) is 5.76. The Labute approximate surface area is 96.0 Å². The fraction of sp³-hybridized carbons (Fsp3) is 0.667. The van der Waals surface area contributed by atoms with E-state index in [-0.39, 0.29) is 17.8 Å². The molecule has 1 N–H and O–H groups in total. The van der Waals surface area contributed by atoms with Crippen LogP contribution >= 0.6 is 0 Å². The van der Waals surface area contributed by atoms with E-state index in [9.17, 15) is 9.59 Å². The Hall–Kier alpha value is -1.16. The summed E-state index contributed by atoms with van der Waals surface area (Å²) in [6.45, 7) is 4.77. The van der Waals surface area contributed by atoms with Crippen molar-refractivity contribution in [3.8, 4) is 0 Å². The molecule has 1 amide bonds. The number of epoxide rings is 1. The molecule has 1 aliphatic rings. The maximum absolute atomic E-state index is 11.3. The Kier molecular flexibility index (Phi) is 5.78. The van der Waals surface area contributed by atoms with Gasteiger partial charge in [0, 0.05) is 19.4 Å². The van der Waals surface area contributed by atoms with Gasteiger partial charge in [-0.3, -0.25) is 9.59 Å². The van der Waals surface area contributed by atoms with E-state index in [4.69, 9.17) is 4.74 Å².